The Morgan fingerprint density at radius 1 is 1.10 bits per heavy atom. The molecule has 1 aliphatic carbocycles. The van der Waals surface area contributed by atoms with Gasteiger partial charge in [0.25, 0.3) is 0 Å². The molecule has 4 unspecified atom stereocenters. The van der Waals surface area contributed by atoms with Crippen LogP contribution in [0.1, 0.15) is 32.1 Å². The highest BCUT2D eigenvalue weighted by atomic mass is 32.1. The summed E-state index contributed by atoms with van der Waals surface area (Å²) in [4.78, 5) is 36.8. The van der Waals surface area contributed by atoms with Crippen LogP contribution in [0.15, 0.2) is 0 Å². The zero-order valence-corrected chi connectivity index (χ0v) is 13.6. The SMILES string of the molecule is O=P(O)(O)C(O)C(C1CCCC(CCS)C1)P(=O)(O)O. The molecule has 7 nitrogen and oxygen atoms in total. The molecule has 0 amide bonds. The second kappa shape index (κ2) is 7.25. The van der Waals surface area contributed by atoms with Gasteiger partial charge in [0, 0.05) is 0 Å². The number of hydrogen-bond donors (Lipinski definition) is 6. The molecule has 10 heteroatoms. The lowest BCUT2D eigenvalue weighted by molar-refractivity contribution is 0.137. The van der Waals surface area contributed by atoms with E-state index in [-0.39, 0.29) is 5.92 Å². The Hall–Kier alpha value is 0.610. The summed E-state index contributed by atoms with van der Waals surface area (Å²) >= 11 is 4.13. The highest BCUT2D eigenvalue weighted by Gasteiger charge is 2.49. The van der Waals surface area contributed by atoms with Crippen molar-refractivity contribution in [2.75, 3.05) is 5.75 Å². The second-order valence-corrected chi connectivity index (χ2v) is 9.32. The van der Waals surface area contributed by atoms with Crippen LogP contribution in [0.3, 0.4) is 0 Å². The third-order valence-corrected chi connectivity index (χ3v) is 6.87. The van der Waals surface area contributed by atoms with Gasteiger partial charge in [0.15, 0.2) is 5.85 Å². The van der Waals surface area contributed by atoms with Crippen molar-refractivity contribution in [1.82, 2.24) is 0 Å². The molecule has 0 radical (unpaired) electrons. The molecule has 0 bridgehead atoms. The van der Waals surface area contributed by atoms with Gasteiger partial charge >= 0.3 is 15.2 Å². The quantitative estimate of drug-likeness (QED) is 0.313. The third kappa shape index (κ3) is 5.11. The van der Waals surface area contributed by atoms with Gasteiger partial charge in [-0.1, -0.05) is 12.8 Å². The normalized spacial score (nSPS) is 28.1. The number of thiol groups is 1. The lowest BCUT2D eigenvalue weighted by Gasteiger charge is -2.36. The average molecular weight is 348 g/mol. The monoisotopic (exact) mass is 348 g/mol. The van der Waals surface area contributed by atoms with Crippen molar-refractivity contribution in [2.45, 2.75) is 43.6 Å². The van der Waals surface area contributed by atoms with Crippen molar-refractivity contribution in [2.24, 2.45) is 11.8 Å². The van der Waals surface area contributed by atoms with E-state index in [0.717, 1.165) is 19.3 Å². The van der Waals surface area contributed by atoms with Crippen LogP contribution in [-0.4, -0.2) is 41.9 Å². The van der Waals surface area contributed by atoms with Crippen molar-refractivity contribution in [1.29, 1.82) is 0 Å². The fourth-order valence-corrected chi connectivity index (χ4v) is 6.19. The lowest BCUT2D eigenvalue weighted by atomic mass is 9.78. The van der Waals surface area contributed by atoms with E-state index in [9.17, 15) is 24.0 Å². The predicted molar refractivity (Wildman–Crippen MR) is 77.8 cm³/mol. The van der Waals surface area contributed by atoms with Gasteiger partial charge < -0.3 is 24.7 Å². The van der Waals surface area contributed by atoms with Crippen LogP contribution in [0.4, 0.5) is 0 Å². The summed E-state index contributed by atoms with van der Waals surface area (Å²) in [5.41, 5.74) is -1.70. The van der Waals surface area contributed by atoms with Crippen molar-refractivity contribution in [3.63, 3.8) is 0 Å². The van der Waals surface area contributed by atoms with Gasteiger partial charge in [-0.15, -0.1) is 0 Å². The Balaban J connectivity index is 2.94. The van der Waals surface area contributed by atoms with E-state index < -0.39 is 32.6 Å². The number of aliphatic hydroxyl groups is 1. The van der Waals surface area contributed by atoms with E-state index >= 15 is 0 Å². The molecule has 120 valence electrons. The first kappa shape index (κ1) is 18.7. The molecular formula is C10H22O7P2S. The van der Waals surface area contributed by atoms with Gasteiger partial charge in [-0.05, 0) is 36.9 Å². The highest BCUT2D eigenvalue weighted by molar-refractivity contribution is 7.80. The summed E-state index contributed by atoms with van der Waals surface area (Å²) < 4.78 is 22.7. The summed E-state index contributed by atoms with van der Waals surface area (Å²) in [6.45, 7) is 0. The van der Waals surface area contributed by atoms with Crippen molar-refractivity contribution >= 4 is 27.8 Å². The van der Waals surface area contributed by atoms with Gasteiger partial charge in [-0.25, -0.2) is 0 Å². The highest BCUT2D eigenvalue weighted by Crippen LogP contribution is 2.58. The van der Waals surface area contributed by atoms with Gasteiger partial charge in [-0.3, -0.25) is 9.13 Å². The maximum Gasteiger partial charge on any atom is 0.354 e. The van der Waals surface area contributed by atoms with Crippen molar-refractivity contribution in [3.05, 3.63) is 0 Å². The van der Waals surface area contributed by atoms with Crippen LogP contribution < -0.4 is 0 Å². The molecule has 0 aromatic carbocycles. The van der Waals surface area contributed by atoms with Crippen LogP contribution in [0.2, 0.25) is 0 Å². The molecule has 1 fully saturated rings. The first-order valence-electron chi connectivity index (χ1n) is 6.46. The van der Waals surface area contributed by atoms with E-state index in [1.54, 1.807) is 0 Å². The molecular weight excluding hydrogens is 326 g/mol. The third-order valence-electron chi connectivity index (χ3n) is 3.88. The Morgan fingerprint density at radius 2 is 1.70 bits per heavy atom. The smallest absolute Gasteiger partial charge is 0.354 e. The average Bonchev–Trinajstić information content (AvgIpc) is 2.27. The summed E-state index contributed by atoms with van der Waals surface area (Å²) in [6.07, 6.45) is 3.34. The van der Waals surface area contributed by atoms with E-state index in [0.29, 0.717) is 18.6 Å². The van der Waals surface area contributed by atoms with Gasteiger partial charge in [0.1, 0.15) is 5.66 Å². The number of hydrogen-bond acceptors (Lipinski definition) is 4. The molecule has 0 heterocycles. The molecule has 1 saturated carbocycles. The van der Waals surface area contributed by atoms with Gasteiger partial charge in [0.2, 0.25) is 0 Å². The molecule has 4 atom stereocenters. The van der Waals surface area contributed by atoms with Gasteiger partial charge in [0.05, 0.1) is 0 Å². The first-order chi connectivity index (χ1) is 9.07. The molecule has 1 aliphatic rings. The molecule has 5 N–H and O–H groups in total. The maximum atomic E-state index is 11.6. The molecule has 0 aromatic rings. The fourth-order valence-electron chi connectivity index (χ4n) is 2.98. The Kier molecular flexibility index (Phi) is 6.76. The van der Waals surface area contributed by atoms with Crippen LogP contribution in [0, 0.1) is 11.8 Å². The summed E-state index contributed by atoms with van der Waals surface area (Å²) in [7, 11) is -9.77. The fraction of sp³-hybridized carbons (Fsp3) is 1.00. The van der Waals surface area contributed by atoms with Crippen LogP contribution >= 0.6 is 27.8 Å². The van der Waals surface area contributed by atoms with E-state index in [1.807, 2.05) is 0 Å². The van der Waals surface area contributed by atoms with Crippen molar-refractivity contribution in [3.8, 4) is 0 Å². The molecule has 0 saturated heterocycles. The lowest BCUT2D eigenvalue weighted by Crippen LogP contribution is -2.36. The standard InChI is InChI=1S/C10H22O7P2S/c11-10(19(15,16)17)9(18(12,13)14)8-3-1-2-7(6-8)4-5-20/h7-11,20H,1-6H2,(H2,12,13,14)(H2,15,16,17). The minimum Gasteiger partial charge on any atom is -0.380 e. The van der Waals surface area contributed by atoms with Crippen LogP contribution in [-0.2, 0) is 9.13 Å². The summed E-state index contributed by atoms with van der Waals surface area (Å²) in [5.74, 6) is -2.02. The van der Waals surface area contributed by atoms with Crippen molar-refractivity contribution < 1.29 is 33.8 Å². The minimum absolute atomic E-state index is 0.226. The Bertz CT molecular complexity index is 404. The molecule has 0 aliphatic heterocycles. The van der Waals surface area contributed by atoms with E-state index in [2.05, 4.69) is 12.6 Å². The zero-order valence-electron chi connectivity index (χ0n) is 10.9. The van der Waals surface area contributed by atoms with Crippen LogP contribution in [0.25, 0.3) is 0 Å². The summed E-state index contributed by atoms with van der Waals surface area (Å²) in [5, 5.41) is 9.68. The topological polar surface area (TPSA) is 135 Å². The second-order valence-electron chi connectivity index (χ2n) is 5.39. The molecule has 1 rings (SSSR count). The molecule has 0 aromatic heterocycles. The zero-order chi connectivity index (χ0) is 15.6. The Morgan fingerprint density at radius 3 is 2.15 bits per heavy atom. The summed E-state index contributed by atoms with van der Waals surface area (Å²) in [6, 6.07) is 0. The molecule has 0 spiro atoms. The first-order valence-corrected chi connectivity index (χ1v) is 10.5. The van der Waals surface area contributed by atoms with Gasteiger partial charge in [-0.2, -0.15) is 12.6 Å². The molecule has 20 heavy (non-hydrogen) atoms. The van der Waals surface area contributed by atoms with Crippen LogP contribution in [0.5, 0.6) is 0 Å². The largest absolute Gasteiger partial charge is 0.380 e. The van der Waals surface area contributed by atoms with E-state index in [1.165, 1.54) is 0 Å². The van der Waals surface area contributed by atoms with E-state index in [4.69, 9.17) is 9.79 Å². The predicted octanol–water partition coefficient (Wildman–Crippen LogP) is 1.16. The maximum absolute atomic E-state index is 11.6. The number of aliphatic hydroxyl groups excluding tert-OH is 1. The Labute approximate surface area is 123 Å². The number of rotatable bonds is 6. The minimum atomic E-state index is -4.96.